The summed E-state index contributed by atoms with van der Waals surface area (Å²) in [6.45, 7) is 6.11. The van der Waals surface area contributed by atoms with E-state index in [1.165, 1.54) is 15.6 Å². The molecule has 4 rings (SSSR count). The average molecular weight is 507 g/mol. The van der Waals surface area contributed by atoms with Gasteiger partial charge in [-0.25, -0.2) is 13.4 Å². The number of likely N-dealkylation sites (N-methyl/N-ethyl adjacent to an activating group) is 1. The van der Waals surface area contributed by atoms with Crippen LogP contribution in [0.1, 0.15) is 24.0 Å². The molecule has 1 aliphatic heterocycles. The van der Waals surface area contributed by atoms with Crippen LogP contribution in [0, 0.1) is 19.8 Å². The van der Waals surface area contributed by atoms with Crippen molar-refractivity contribution in [3.05, 3.63) is 40.8 Å². The van der Waals surface area contributed by atoms with Gasteiger partial charge in [0.15, 0.2) is 5.13 Å². The van der Waals surface area contributed by atoms with Crippen molar-refractivity contribution in [2.75, 3.05) is 45.2 Å². The Balaban J connectivity index is 1.54. The Hall–Kier alpha value is -1.85. The van der Waals surface area contributed by atoms with Gasteiger partial charge in [0, 0.05) is 32.1 Å². The van der Waals surface area contributed by atoms with Crippen molar-refractivity contribution in [2.24, 2.45) is 5.92 Å². The lowest BCUT2D eigenvalue weighted by Crippen LogP contribution is -2.45. The minimum atomic E-state index is -3.48. The number of carbonyl (C=O) groups is 1. The van der Waals surface area contributed by atoms with E-state index in [0.717, 1.165) is 33.0 Å². The minimum Gasteiger partial charge on any atom is -0.308 e. The number of sulfonamides is 1. The fourth-order valence-electron chi connectivity index (χ4n) is 4.06. The number of thiophene rings is 1. The van der Waals surface area contributed by atoms with Crippen molar-refractivity contribution >= 4 is 54.0 Å². The van der Waals surface area contributed by atoms with Crippen molar-refractivity contribution in [1.29, 1.82) is 0 Å². The molecule has 3 heterocycles. The summed E-state index contributed by atoms with van der Waals surface area (Å²) in [5.74, 6) is -0.171. The number of anilines is 1. The maximum absolute atomic E-state index is 13.7. The summed E-state index contributed by atoms with van der Waals surface area (Å²) in [7, 11) is 0.500. The van der Waals surface area contributed by atoms with Crippen LogP contribution in [0.5, 0.6) is 0 Å². The van der Waals surface area contributed by atoms with E-state index in [2.05, 4.69) is 24.0 Å². The smallest absolute Gasteiger partial charge is 0.252 e. The van der Waals surface area contributed by atoms with Gasteiger partial charge in [0.2, 0.25) is 5.91 Å². The molecule has 178 valence electrons. The Labute approximate surface area is 203 Å². The summed E-state index contributed by atoms with van der Waals surface area (Å²) in [4.78, 5) is 22.4. The monoisotopic (exact) mass is 506 g/mol. The highest BCUT2D eigenvalue weighted by atomic mass is 32.2. The van der Waals surface area contributed by atoms with E-state index in [9.17, 15) is 13.2 Å². The number of carbonyl (C=O) groups excluding carboxylic acids is 1. The van der Waals surface area contributed by atoms with Crippen molar-refractivity contribution in [3.8, 4) is 0 Å². The molecule has 0 N–H and O–H groups in total. The van der Waals surface area contributed by atoms with Crippen LogP contribution < -0.4 is 4.90 Å². The number of hydrogen-bond donors (Lipinski definition) is 0. The largest absolute Gasteiger partial charge is 0.308 e. The second-order valence-corrected chi connectivity index (χ2v) is 12.9. The van der Waals surface area contributed by atoms with Crippen molar-refractivity contribution in [2.45, 2.75) is 30.9 Å². The highest BCUT2D eigenvalue weighted by Gasteiger charge is 2.35. The van der Waals surface area contributed by atoms with Crippen LogP contribution in [0.15, 0.2) is 33.9 Å². The van der Waals surface area contributed by atoms with Crippen molar-refractivity contribution < 1.29 is 13.2 Å². The van der Waals surface area contributed by atoms with Gasteiger partial charge in [0.05, 0.1) is 10.2 Å². The van der Waals surface area contributed by atoms with Gasteiger partial charge in [0.1, 0.15) is 4.21 Å². The quantitative estimate of drug-likeness (QED) is 0.485. The van der Waals surface area contributed by atoms with E-state index in [1.807, 2.05) is 25.9 Å². The minimum absolute atomic E-state index is 0.0411. The number of aryl methyl sites for hydroxylation is 2. The predicted molar refractivity (Wildman–Crippen MR) is 136 cm³/mol. The zero-order valence-electron chi connectivity index (χ0n) is 19.4. The molecule has 0 aliphatic carbocycles. The third kappa shape index (κ3) is 5.00. The van der Waals surface area contributed by atoms with Crippen LogP contribution >= 0.6 is 22.7 Å². The summed E-state index contributed by atoms with van der Waals surface area (Å²) in [6.07, 6.45) is 1.04. The molecule has 0 atom stereocenters. The number of aromatic nitrogens is 1. The molecule has 33 heavy (non-hydrogen) atoms. The van der Waals surface area contributed by atoms with Gasteiger partial charge < -0.3 is 4.90 Å². The number of amides is 1. The van der Waals surface area contributed by atoms with Gasteiger partial charge in [-0.2, -0.15) is 4.31 Å². The molecule has 10 heteroatoms. The topological polar surface area (TPSA) is 73.8 Å². The Morgan fingerprint density at radius 1 is 1.12 bits per heavy atom. The van der Waals surface area contributed by atoms with E-state index in [4.69, 9.17) is 4.98 Å². The summed E-state index contributed by atoms with van der Waals surface area (Å²) >= 11 is 2.79. The molecule has 1 aromatic carbocycles. The van der Waals surface area contributed by atoms with E-state index >= 15 is 0 Å². The Kier molecular flexibility index (Phi) is 7.20. The summed E-state index contributed by atoms with van der Waals surface area (Å²) in [6, 6.07) is 7.54. The van der Waals surface area contributed by atoms with E-state index < -0.39 is 10.0 Å². The van der Waals surface area contributed by atoms with Crippen LogP contribution in [0.2, 0.25) is 0 Å². The summed E-state index contributed by atoms with van der Waals surface area (Å²) < 4.78 is 28.7. The molecule has 1 fully saturated rings. The molecular weight excluding hydrogens is 476 g/mol. The standard InChI is InChI=1S/C23H30N4O3S3/c1-16-7-8-17(2)21-20(16)24-23(32-21)27(14-13-25(3)4)22(28)18-9-11-26(12-10-18)33(29,30)19-6-5-15-31-19/h5-8,15,18H,9-14H2,1-4H3. The molecule has 0 radical (unpaired) electrons. The molecule has 1 aliphatic rings. The Morgan fingerprint density at radius 3 is 2.42 bits per heavy atom. The number of hydrogen-bond acceptors (Lipinski definition) is 7. The van der Waals surface area contributed by atoms with Crippen molar-refractivity contribution in [3.63, 3.8) is 0 Å². The molecule has 1 amide bonds. The van der Waals surface area contributed by atoms with Gasteiger partial charge in [-0.3, -0.25) is 9.69 Å². The number of benzene rings is 1. The Bertz CT molecular complexity index is 1190. The van der Waals surface area contributed by atoms with E-state index in [-0.39, 0.29) is 11.8 Å². The first kappa shape index (κ1) is 24.3. The predicted octanol–water partition coefficient (Wildman–Crippen LogP) is 3.97. The summed E-state index contributed by atoms with van der Waals surface area (Å²) in [5, 5.41) is 2.50. The van der Waals surface area contributed by atoms with Gasteiger partial charge in [-0.05, 0) is 63.4 Å². The molecule has 2 aromatic heterocycles. The van der Waals surface area contributed by atoms with Gasteiger partial charge in [-0.15, -0.1) is 11.3 Å². The Morgan fingerprint density at radius 2 is 1.82 bits per heavy atom. The van der Waals surface area contributed by atoms with Crippen molar-refractivity contribution in [1.82, 2.24) is 14.2 Å². The fourth-order valence-corrected chi connectivity index (χ4v) is 7.82. The average Bonchev–Trinajstić information content (AvgIpc) is 3.48. The van der Waals surface area contributed by atoms with Gasteiger partial charge in [-0.1, -0.05) is 29.5 Å². The summed E-state index contributed by atoms with van der Waals surface area (Å²) in [5.41, 5.74) is 3.21. The number of thiazole rings is 1. The van der Waals surface area contributed by atoms with E-state index in [0.29, 0.717) is 36.7 Å². The first-order valence-corrected chi connectivity index (χ1v) is 14.2. The normalized spacial score (nSPS) is 16.0. The molecule has 0 unspecified atom stereocenters. The highest BCUT2D eigenvalue weighted by molar-refractivity contribution is 7.91. The van der Waals surface area contributed by atoms with Gasteiger partial charge in [0.25, 0.3) is 10.0 Å². The number of nitrogens with zero attached hydrogens (tertiary/aromatic N) is 4. The lowest BCUT2D eigenvalue weighted by Gasteiger charge is -2.33. The van der Waals surface area contributed by atoms with E-state index in [1.54, 1.807) is 28.8 Å². The number of fused-ring (bicyclic) bond motifs is 1. The lowest BCUT2D eigenvalue weighted by atomic mass is 9.96. The zero-order valence-corrected chi connectivity index (χ0v) is 21.9. The molecule has 0 spiro atoms. The molecule has 0 bridgehead atoms. The highest BCUT2D eigenvalue weighted by Crippen LogP contribution is 2.35. The first-order chi connectivity index (χ1) is 15.7. The zero-order chi connectivity index (χ0) is 23.8. The van der Waals surface area contributed by atoms with Crippen LogP contribution in [-0.4, -0.2) is 68.8 Å². The third-order valence-electron chi connectivity index (χ3n) is 6.09. The SMILES string of the molecule is Cc1ccc(C)c2sc(N(CCN(C)C)C(=O)C3CCN(S(=O)(=O)c4cccs4)CC3)nc12. The van der Waals surface area contributed by atoms with Gasteiger partial charge >= 0.3 is 0 Å². The molecule has 3 aromatic rings. The molecule has 0 saturated carbocycles. The maximum atomic E-state index is 13.7. The number of rotatable bonds is 7. The van der Waals surface area contributed by atoms with Crippen LogP contribution in [-0.2, 0) is 14.8 Å². The van der Waals surface area contributed by atoms with Crippen LogP contribution in [0.25, 0.3) is 10.2 Å². The molecular formula is C23H30N4O3S3. The molecule has 1 saturated heterocycles. The second-order valence-electron chi connectivity index (χ2n) is 8.78. The second kappa shape index (κ2) is 9.79. The maximum Gasteiger partial charge on any atom is 0.252 e. The third-order valence-corrected chi connectivity index (χ3v) is 10.6. The first-order valence-electron chi connectivity index (χ1n) is 11.0. The lowest BCUT2D eigenvalue weighted by molar-refractivity contribution is -0.123. The number of piperidine rings is 1. The fraction of sp³-hybridized carbons (Fsp3) is 0.478. The van der Waals surface area contributed by atoms with Crippen LogP contribution in [0.3, 0.4) is 0 Å². The van der Waals surface area contributed by atoms with Crippen LogP contribution in [0.4, 0.5) is 5.13 Å². The molecule has 7 nitrogen and oxygen atoms in total.